The average molecular weight is 250 g/mol. The number of epoxide rings is 1. The van der Waals surface area contributed by atoms with Crippen molar-refractivity contribution in [3.63, 3.8) is 0 Å². The summed E-state index contributed by atoms with van der Waals surface area (Å²) in [6, 6.07) is 0. The lowest BCUT2D eigenvalue weighted by molar-refractivity contribution is -0.140. The topological polar surface area (TPSA) is 59.1 Å². The highest BCUT2D eigenvalue weighted by Gasteiger charge is 2.61. The van der Waals surface area contributed by atoms with E-state index < -0.39 is 0 Å². The van der Waals surface area contributed by atoms with Gasteiger partial charge in [-0.05, 0) is 32.3 Å². The predicted molar refractivity (Wildman–Crippen MR) is 65.0 cm³/mol. The Morgan fingerprint density at radius 3 is 3.11 bits per heavy atom. The van der Waals surface area contributed by atoms with Crippen molar-refractivity contribution in [1.82, 2.24) is 0 Å². The summed E-state index contributed by atoms with van der Waals surface area (Å²) < 4.78 is 11.2. The Balaban J connectivity index is 1.87. The summed E-state index contributed by atoms with van der Waals surface area (Å²) >= 11 is 0. The van der Waals surface area contributed by atoms with Gasteiger partial charge in [0.2, 0.25) is 0 Å². The minimum absolute atomic E-state index is 0.0145. The van der Waals surface area contributed by atoms with E-state index in [1.54, 1.807) is 0 Å². The zero-order valence-electron chi connectivity index (χ0n) is 10.5. The average Bonchev–Trinajstić information content (AvgIpc) is 2.90. The molecule has 0 radical (unpaired) electrons. The molecular formula is C14H18O4. The predicted octanol–water partition coefficient (Wildman–Crippen LogP) is 2.26. The lowest BCUT2D eigenvalue weighted by Crippen LogP contribution is -2.28. The summed E-state index contributed by atoms with van der Waals surface area (Å²) in [7, 11) is 0. The quantitative estimate of drug-likeness (QED) is 0.407. The Kier molecular flexibility index (Phi) is 2.52. The van der Waals surface area contributed by atoms with E-state index in [0.717, 1.165) is 12.8 Å². The molecular weight excluding hydrogens is 232 g/mol. The number of esters is 1. The van der Waals surface area contributed by atoms with Gasteiger partial charge in [0, 0.05) is 17.9 Å². The van der Waals surface area contributed by atoms with E-state index in [1.165, 1.54) is 0 Å². The van der Waals surface area contributed by atoms with Crippen LogP contribution in [0, 0.1) is 5.92 Å². The van der Waals surface area contributed by atoms with Gasteiger partial charge in [-0.3, -0.25) is 0 Å². The van der Waals surface area contributed by atoms with Gasteiger partial charge in [-0.1, -0.05) is 6.58 Å². The van der Waals surface area contributed by atoms with E-state index >= 15 is 0 Å². The van der Waals surface area contributed by atoms with Crippen LogP contribution < -0.4 is 0 Å². The van der Waals surface area contributed by atoms with Crippen molar-refractivity contribution in [3.8, 4) is 0 Å². The molecule has 0 aromatic heterocycles. The molecule has 98 valence electrons. The summed E-state index contributed by atoms with van der Waals surface area (Å²) in [6.07, 6.45) is 4.51. The van der Waals surface area contributed by atoms with Crippen molar-refractivity contribution in [2.24, 2.45) is 5.92 Å². The number of hydrogen-bond acceptors (Lipinski definition) is 4. The van der Waals surface area contributed by atoms with Gasteiger partial charge >= 0.3 is 5.97 Å². The molecule has 0 saturated carbocycles. The molecule has 0 aromatic rings. The maximum absolute atomic E-state index is 11.6. The van der Waals surface area contributed by atoms with Crippen LogP contribution in [0.25, 0.3) is 0 Å². The van der Waals surface area contributed by atoms with Gasteiger partial charge in [-0.15, -0.1) is 0 Å². The third-order valence-electron chi connectivity index (χ3n) is 4.32. The van der Waals surface area contributed by atoms with Crippen molar-refractivity contribution >= 4 is 5.97 Å². The monoisotopic (exact) mass is 250 g/mol. The second kappa shape index (κ2) is 3.85. The van der Waals surface area contributed by atoms with E-state index in [4.69, 9.17) is 9.47 Å². The van der Waals surface area contributed by atoms with Gasteiger partial charge in [0.25, 0.3) is 0 Å². The number of allylic oxidation sites excluding steroid dienone is 2. The Morgan fingerprint density at radius 2 is 2.33 bits per heavy atom. The van der Waals surface area contributed by atoms with Crippen LogP contribution in [0.3, 0.4) is 0 Å². The van der Waals surface area contributed by atoms with Crippen molar-refractivity contribution in [2.75, 3.05) is 0 Å². The smallest absolute Gasteiger partial charge is 0.334 e. The Labute approximate surface area is 106 Å². The fourth-order valence-corrected chi connectivity index (χ4v) is 3.04. The second-order valence-corrected chi connectivity index (χ2v) is 5.63. The molecule has 0 spiro atoms. The Hall–Kier alpha value is -1.29. The number of carbonyl (C=O) groups is 1. The zero-order chi connectivity index (χ0) is 12.9. The number of carbonyl (C=O) groups excluding carboxylic acids is 1. The second-order valence-electron chi connectivity index (χ2n) is 5.63. The molecule has 0 unspecified atom stereocenters. The summed E-state index contributed by atoms with van der Waals surface area (Å²) in [6.45, 7) is 5.85. The van der Waals surface area contributed by atoms with E-state index in [9.17, 15) is 9.90 Å². The maximum Gasteiger partial charge on any atom is 0.334 e. The molecule has 3 aliphatic rings. The van der Waals surface area contributed by atoms with Crippen LogP contribution in [0.2, 0.25) is 0 Å². The minimum Gasteiger partial charge on any atom is -0.513 e. The van der Waals surface area contributed by atoms with Crippen molar-refractivity contribution in [3.05, 3.63) is 24.0 Å². The van der Waals surface area contributed by atoms with Crippen LogP contribution >= 0.6 is 0 Å². The number of ether oxygens (including phenoxy) is 2. The molecule has 1 N–H and O–H groups in total. The molecule has 2 aliphatic heterocycles. The number of aliphatic hydroxyl groups is 1. The molecule has 4 heteroatoms. The number of hydrogen-bond donors (Lipinski definition) is 1. The first-order chi connectivity index (χ1) is 8.51. The van der Waals surface area contributed by atoms with Crippen molar-refractivity contribution in [2.45, 2.75) is 50.4 Å². The van der Waals surface area contributed by atoms with Gasteiger partial charge in [0.1, 0.15) is 12.2 Å². The highest BCUT2D eigenvalue weighted by atomic mass is 16.6. The van der Waals surface area contributed by atoms with E-state index in [0.29, 0.717) is 24.2 Å². The first kappa shape index (κ1) is 11.8. The molecule has 2 heterocycles. The minimum atomic E-state index is -0.314. The van der Waals surface area contributed by atoms with Gasteiger partial charge in [0.15, 0.2) is 0 Å². The van der Waals surface area contributed by atoms with Gasteiger partial charge in [0.05, 0.1) is 11.4 Å². The molecule has 18 heavy (non-hydrogen) atoms. The van der Waals surface area contributed by atoms with Crippen molar-refractivity contribution < 1.29 is 19.4 Å². The largest absolute Gasteiger partial charge is 0.513 e. The normalized spacial score (nSPS) is 46.5. The van der Waals surface area contributed by atoms with E-state index in [2.05, 4.69) is 6.58 Å². The number of fused-ring (bicyclic) bond motifs is 3. The molecule has 2 fully saturated rings. The third-order valence-corrected chi connectivity index (χ3v) is 4.32. The first-order valence-electron chi connectivity index (χ1n) is 6.47. The van der Waals surface area contributed by atoms with Crippen LogP contribution in [-0.4, -0.2) is 28.9 Å². The lowest BCUT2D eigenvalue weighted by Gasteiger charge is -2.18. The summed E-state index contributed by atoms with van der Waals surface area (Å²) in [5.74, 6) is 0.0483. The van der Waals surface area contributed by atoms with Crippen LogP contribution in [0.4, 0.5) is 0 Å². The highest BCUT2D eigenvalue weighted by molar-refractivity contribution is 5.91. The summed E-state index contributed by atoms with van der Waals surface area (Å²) in [5, 5.41) is 9.75. The van der Waals surface area contributed by atoms with Crippen LogP contribution in [0.1, 0.15) is 32.6 Å². The fourth-order valence-electron chi connectivity index (χ4n) is 3.04. The maximum atomic E-state index is 11.6. The summed E-state index contributed by atoms with van der Waals surface area (Å²) in [4.78, 5) is 11.6. The Bertz CT molecular complexity index is 439. The molecule has 4 atom stereocenters. The van der Waals surface area contributed by atoms with Crippen molar-refractivity contribution in [1.29, 1.82) is 0 Å². The molecule has 3 rings (SSSR count). The van der Waals surface area contributed by atoms with Crippen LogP contribution in [-0.2, 0) is 14.3 Å². The van der Waals surface area contributed by atoms with Crippen LogP contribution in [0.5, 0.6) is 0 Å². The van der Waals surface area contributed by atoms with Gasteiger partial charge in [-0.25, -0.2) is 4.79 Å². The SMILES string of the molecule is C=C1C(=O)O[C@H]2[C@H]1CC/C(O)=C/CC[C@@]1(C)O[C@@H]21. The van der Waals surface area contributed by atoms with E-state index in [-0.39, 0.29) is 29.7 Å². The molecule has 1 aliphatic carbocycles. The fraction of sp³-hybridized carbons (Fsp3) is 0.643. The molecule has 0 bridgehead atoms. The van der Waals surface area contributed by atoms with E-state index in [1.807, 2.05) is 13.0 Å². The number of aliphatic hydroxyl groups excluding tert-OH is 1. The molecule has 4 nitrogen and oxygen atoms in total. The lowest BCUT2D eigenvalue weighted by atomic mass is 9.85. The standard InChI is InChI=1S/C14H18O4/c1-8-10-6-5-9(15)4-3-7-14(2)12(18-14)11(10)17-13(8)16/h4,10-12,15H,1,3,5-7H2,2H3/b9-4-/t10-,11-,12-,14+/m0/s1. The molecule has 2 saturated heterocycles. The van der Waals surface area contributed by atoms with Gasteiger partial charge in [-0.2, -0.15) is 0 Å². The third kappa shape index (κ3) is 1.75. The number of rotatable bonds is 0. The van der Waals surface area contributed by atoms with Crippen LogP contribution in [0.15, 0.2) is 24.0 Å². The Morgan fingerprint density at radius 1 is 1.56 bits per heavy atom. The zero-order valence-corrected chi connectivity index (χ0v) is 10.5. The highest BCUT2D eigenvalue weighted by Crippen LogP contribution is 2.49. The van der Waals surface area contributed by atoms with Gasteiger partial charge < -0.3 is 14.6 Å². The first-order valence-corrected chi connectivity index (χ1v) is 6.47. The summed E-state index contributed by atoms with van der Waals surface area (Å²) in [5.41, 5.74) is 0.299. The molecule has 0 amide bonds. The molecule has 0 aromatic carbocycles.